The summed E-state index contributed by atoms with van der Waals surface area (Å²) in [6.45, 7) is 8.14. The molecule has 2 heteroatoms. The maximum Gasteiger partial charge on any atom is 0.0396 e. The van der Waals surface area contributed by atoms with E-state index in [0.717, 1.165) is 19.0 Å². The SMILES string of the molecule is Cc1ccccc1N1CCCNC(C)(C2CC2)C1. The van der Waals surface area contributed by atoms with Crippen LogP contribution in [-0.4, -0.2) is 25.2 Å². The van der Waals surface area contributed by atoms with Crippen molar-refractivity contribution in [3.63, 3.8) is 0 Å². The Morgan fingerprint density at radius 1 is 1.28 bits per heavy atom. The van der Waals surface area contributed by atoms with E-state index in [0.29, 0.717) is 5.54 Å². The van der Waals surface area contributed by atoms with Crippen LogP contribution in [0.25, 0.3) is 0 Å². The Morgan fingerprint density at radius 2 is 2.06 bits per heavy atom. The predicted molar refractivity (Wildman–Crippen MR) is 77.1 cm³/mol. The summed E-state index contributed by atoms with van der Waals surface area (Å²) in [5.74, 6) is 0.891. The largest absolute Gasteiger partial charge is 0.369 e. The Labute approximate surface area is 110 Å². The van der Waals surface area contributed by atoms with E-state index < -0.39 is 0 Å². The molecule has 0 bridgehead atoms. The summed E-state index contributed by atoms with van der Waals surface area (Å²) in [5.41, 5.74) is 3.14. The Hall–Kier alpha value is -1.02. The fraction of sp³-hybridized carbons (Fsp3) is 0.625. The van der Waals surface area contributed by atoms with Crippen LogP contribution in [0.1, 0.15) is 31.7 Å². The molecule has 18 heavy (non-hydrogen) atoms. The van der Waals surface area contributed by atoms with Gasteiger partial charge in [-0.15, -0.1) is 0 Å². The van der Waals surface area contributed by atoms with E-state index in [1.807, 2.05) is 0 Å². The van der Waals surface area contributed by atoms with Gasteiger partial charge in [-0.2, -0.15) is 0 Å². The zero-order valence-corrected chi connectivity index (χ0v) is 11.6. The molecule has 0 radical (unpaired) electrons. The lowest BCUT2D eigenvalue weighted by atomic mass is 9.95. The number of hydrogen-bond donors (Lipinski definition) is 1. The van der Waals surface area contributed by atoms with Gasteiger partial charge in [0.25, 0.3) is 0 Å². The van der Waals surface area contributed by atoms with Crippen molar-refractivity contribution in [2.24, 2.45) is 5.92 Å². The lowest BCUT2D eigenvalue weighted by Crippen LogP contribution is -2.51. The molecule has 2 aliphatic rings. The second-order valence-electron chi connectivity index (χ2n) is 6.18. The van der Waals surface area contributed by atoms with Crippen LogP contribution in [-0.2, 0) is 0 Å². The quantitative estimate of drug-likeness (QED) is 0.860. The predicted octanol–water partition coefficient (Wildman–Crippen LogP) is 2.96. The van der Waals surface area contributed by atoms with Gasteiger partial charge in [-0.3, -0.25) is 0 Å². The van der Waals surface area contributed by atoms with E-state index in [-0.39, 0.29) is 0 Å². The lowest BCUT2D eigenvalue weighted by molar-refractivity contribution is 0.331. The van der Waals surface area contributed by atoms with Gasteiger partial charge in [0.2, 0.25) is 0 Å². The summed E-state index contributed by atoms with van der Waals surface area (Å²) < 4.78 is 0. The maximum atomic E-state index is 3.80. The van der Waals surface area contributed by atoms with Gasteiger partial charge in [-0.1, -0.05) is 18.2 Å². The van der Waals surface area contributed by atoms with Crippen LogP contribution in [0, 0.1) is 12.8 Å². The molecule has 1 unspecified atom stereocenters. The lowest BCUT2D eigenvalue weighted by Gasteiger charge is -2.35. The number of para-hydroxylation sites is 1. The first kappa shape index (κ1) is 12.0. The van der Waals surface area contributed by atoms with E-state index in [1.165, 1.54) is 37.1 Å². The summed E-state index contributed by atoms with van der Waals surface area (Å²) in [6.07, 6.45) is 4.06. The molecule has 1 N–H and O–H groups in total. The minimum Gasteiger partial charge on any atom is -0.369 e. The average molecular weight is 244 g/mol. The van der Waals surface area contributed by atoms with Crippen LogP contribution in [0.2, 0.25) is 0 Å². The van der Waals surface area contributed by atoms with Gasteiger partial charge in [0.15, 0.2) is 0 Å². The minimum absolute atomic E-state index is 0.318. The van der Waals surface area contributed by atoms with Crippen LogP contribution in [0.5, 0.6) is 0 Å². The molecule has 1 aromatic carbocycles. The molecule has 2 fully saturated rings. The van der Waals surface area contributed by atoms with E-state index >= 15 is 0 Å². The molecule has 1 aliphatic heterocycles. The topological polar surface area (TPSA) is 15.3 Å². The minimum atomic E-state index is 0.318. The molecule has 1 aliphatic carbocycles. The summed E-state index contributed by atoms with van der Waals surface area (Å²) in [7, 11) is 0. The number of rotatable bonds is 2. The number of hydrogen-bond acceptors (Lipinski definition) is 2. The molecular formula is C16H24N2. The second kappa shape index (κ2) is 4.58. The normalized spacial score (nSPS) is 29.1. The van der Waals surface area contributed by atoms with Crippen LogP contribution in [0.4, 0.5) is 5.69 Å². The van der Waals surface area contributed by atoms with E-state index in [1.54, 1.807) is 0 Å². The fourth-order valence-electron chi connectivity index (χ4n) is 3.29. The smallest absolute Gasteiger partial charge is 0.0396 e. The first-order chi connectivity index (χ1) is 8.69. The molecule has 1 atom stereocenters. The van der Waals surface area contributed by atoms with Gasteiger partial charge in [-0.05, 0) is 57.2 Å². The third-order valence-electron chi connectivity index (χ3n) is 4.59. The van der Waals surface area contributed by atoms with E-state index in [4.69, 9.17) is 0 Å². The number of anilines is 1. The third kappa shape index (κ3) is 2.26. The molecule has 1 saturated carbocycles. The maximum absolute atomic E-state index is 3.80. The highest BCUT2D eigenvalue weighted by molar-refractivity contribution is 5.53. The van der Waals surface area contributed by atoms with Crippen molar-refractivity contribution in [3.8, 4) is 0 Å². The van der Waals surface area contributed by atoms with Crippen molar-refractivity contribution >= 4 is 5.69 Å². The molecule has 1 saturated heterocycles. The van der Waals surface area contributed by atoms with Crippen molar-refractivity contribution in [1.82, 2.24) is 5.32 Å². The third-order valence-corrected chi connectivity index (χ3v) is 4.59. The summed E-state index contributed by atoms with van der Waals surface area (Å²) in [4.78, 5) is 2.59. The van der Waals surface area contributed by atoms with Gasteiger partial charge >= 0.3 is 0 Å². The Bertz CT molecular complexity index is 425. The number of benzene rings is 1. The molecule has 1 aromatic rings. The average Bonchev–Trinajstić information content (AvgIpc) is 3.16. The highest BCUT2D eigenvalue weighted by Gasteiger charge is 2.43. The molecule has 0 spiro atoms. The van der Waals surface area contributed by atoms with Gasteiger partial charge < -0.3 is 10.2 Å². The molecule has 2 nitrogen and oxygen atoms in total. The van der Waals surface area contributed by atoms with E-state index in [9.17, 15) is 0 Å². The van der Waals surface area contributed by atoms with Crippen LogP contribution in [0.15, 0.2) is 24.3 Å². The van der Waals surface area contributed by atoms with Gasteiger partial charge in [0, 0.05) is 24.3 Å². The molecular weight excluding hydrogens is 220 g/mol. The number of nitrogens with zero attached hydrogens (tertiary/aromatic N) is 1. The zero-order chi connectivity index (χ0) is 12.6. The van der Waals surface area contributed by atoms with Crippen LogP contribution in [0.3, 0.4) is 0 Å². The Kier molecular flexibility index (Phi) is 3.06. The van der Waals surface area contributed by atoms with Gasteiger partial charge in [0.05, 0.1) is 0 Å². The Morgan fingerprint density at radius 3 is 2.78 bits per heavy atom. The molecule has 0 amide bonds. The molecule has 1 heterocycles. The first-order valence-corrected chi connectivity index (χ1v) is 7.25. The molecule has 3 rings (SSSR count). The summed E-state index contributed by atoms with van der Waals surface area (Å²) in [6, 6.07) is 8.79. The van der Waals surface area contributed by atoms with Crippen LogP contribution >= 0.6 is 0 Å². The van der Waals surface area contributed by atoms with Gasteiger partial charge in [0.1, 0.15) is 0 Å². The van der Waals surface area contributed by atoms with E-state index in [2.05, 4.69) is 48.3 Å². The standard InChI is InChI=1S/C16H24N2/c1-13-6-3-4-7-15(13)18-11-5-10-17-16(2,12-18)14-8-9-14/h3-4,6-7,14,17H,5,8-12H2,1-2H3. The second-order valence-corrected chi connectivity index (χ2v) is 6.18. The van der Waals surface area contributed by atoms with Crippen molar-refractivity contribution in [2.45, 2.75) is 38.6 Å². The van der Waals surface area contributed by atoms with Crippen molar-refractivity contribution in [3.05, 3.63) is 29.8 Å². The van der Waals surface area contributed by atoms with Crippen LogP contribution < -0.4 is 10.2 Å². The van der Waals surface area contributed by atoms with Crippen molar-refractivity contribution in [2.75, 3.05) is 24.5 Å². The van der Waals surface area contributed by atoms with Crippen molar-refractivity contribution in [1.29, 1.82) is 0 Å². The van der Waals surface area contributed by atoms with Crippen molar-refractivity contribution < 1.29 is 0 Å². The molecule has 0 aromatic heterocycles. The first-order valence-electron chi connectivity index (χ1n) is 7.25. The monoisotopic (exact) mass is 244 g/mol. The van der Waals surface area contributed by atoms with Gasteiger partial charge in [-0.25, -0.2) is 0 Å². The summed E-state index contributed by atoms with van der Waals surface area (Å²) >= 11 is 0. The number of aryl methyl sites for hydroxylation is 1. The fourth-order valence-corrected chi connectivity index (χ4v) is 3.29. The summed E-state index contributed by atoms with van der Waals surface area (Å²) in [5, 5.41) is 3.80. The molecule has 98 valence electrons. The highest BCUT2D eigenvalue weighted by atomic mass is 15.2. The Balaban J connectivity index is 1.85. The zero-order valence-electron chi connectivity index (χ0n) is 11.6. The number of nitrogens with one attached hydrogen (secondary N) is 1. The highest BCUT2D eigenvalue weighted by Crippen LogP contribution is 2.41.